The molecular formula is C10H12NO8S2-. The van der Waals surface area contributed by atoms with Gasteiger partial charge in [0.05, 0.1) is 22.8 Å². The van der Waals surface area contributed by atoms with Gasteiger partial charge in [-0.15, -0.1) is 4.47 Å². The van der Waals surface area contributed by atoms with Crippen molar-refractivity contribution in [3.63, 3.8) is 0 Å². The normalized spacial score (nSPS) is 12.5. The molecule has 11 heteroatoms. The lowest BCUT2D eigenvalue weighted by atomic mass is 10.3. The van der Waals surface area contributed by atoms with E-state index in [1.807, 2.05) is 0 Å². The molecule has 0 aromatic heterocycles. The second-order valence-corrected chi connectivity index (χ2v) is 6.38. The van der Waals surface area contributed by atoms with Gasteiger partial charge in [-0.1, -0.05) is 12.1 Å². The Balaban J connectivity index is 3.13. The number of hydrogen-bond acceptors (Lipinski definition) is 8. The van der Waals surface area contributed by atoms with Gasteiger partial charge in [0.1, 0.15) is 12.3 Å². The van der Waals surface area contributed by atoms with Crippen LogP contribution in [0.3, 0.4) is 0 Å². The van der Waals surface area contributed by atoms with Crippen LogP contribution in [0.15, 0.2) is 29.2 Å². The number of benzene rings is 1. The summed E-state index contributed by atoms with van der Waals surface area (Å²) in [6.07, 6.45) is -0.529. The Morgan fingerprint density at radius 1 is 1.43 bits per heavy atom. The third-order valence-corrected chi connectivity index (χ3v) is 3.75. The van der Waals surface area contributed by atoms with Crippen LogP contribution in [-0.2, 0) is 30.7 Å². The molecular weight excluding hydrogens is 326 g/mol. The maximum absolute atomic E-state index is 11.6. The van der Waals surface area contributed by atoms with Crippen LogP contribution >= 0.6 is 0 Å². The minimum Gasteiger partial charge on any atom is -0.753 e. The Bertz CT molecular complexity index is 630. The molecule has 1 N–H and O–H groups in total. The molecule has 0 aliphatic heterocycles. The fourth-order valence-electron chi connectivity index (χ4n) is 1.30. The maximum atomic E-state index is 11.6. The van der Waals surface area contributed by atoms with Crippen molar-refractivity contribution in [3.8, 4) is 0 Å². The van der Waals surface area contributed by atoms with E-state index in [1.54, 1.807) is 0 Å². The van der Waals surface area contributed by atoms with E-state index in [9.17, 15) is 22.0 Å². The lowest BCUT2D eigenvalue weighted by molar-refractivity contribution is 0.0465. The Labute approximate surface area is 123 Å². The van der Waals surface area contributed by atoms with E-state index in [0.29, 0.717) is 0 Å². The molecule has 0 heterocycles. The zero-order valence-electron chi connectivity index (χ0n) is 10.8. The molecule has 9 nitrogen and oxygen atoms in total. The number of aliphatic hydroxyl groups is 1. The van der Waals surface area contributed by atoms with Crippen LogP contribution in [0, 0.1) is 0 Å². The van der Waals surface area contributed by atoms with Gasteiger partial charge in [0.2, 0.25) is 0 Å². The van der Waals surface area contributed by atoms with Gasteiger partial charge in [-0.2, -0.15) is 0 Å². The molecule has 0 fully saturated rings. The molecule has 0 bridgehead atoms. The quantitative estimate of drug-likeness (QED) is 0.426. The SMILES string of the molecule is CS(=O)(=O)c1ccccc1N(OC(=O)OCCO)S(=O)[O-]. The predicted octanol–water partition coefficient (Wildman–Crippen LogP) is -0.249. The highest BCUT2D eigenvalue weighted by atomic mass is 32.2. The fraction of sp³-hybridized carbons (Fsp3) is 0.300. The number of carbonyl (C=O) groups excluding carboxylic acids is 1. The van der Waals surface area contributed by atoms with Crippen molar-refractivity contribution in [2.75, 3.05) is 23.9 Å². The predicted molar refractivity (Wildman–Crippen MR) is 70.5 cm³/mol. The van der Waals surface area contributed by atoms with Crippen LogP contribution in [0.2, 0.25) is 0 Å². The van der Waals surface area contributed by atoms with Crippen molar-refractivity contribution in [1.82, 2.24) is 0 Å². The van der Waals surface area contributed by atoms with Gasteiger partial charge in [0.15, 0.2) is 9.84 Å². The van der Waals surface area contributed by atoms with Crippen LogP contribution in [0.4, 0.5) is 10.5 Å². The summed E-state index contributed by atoms with van der Waals surface area (Å²) in [5.74, 6) is 0. The van der Waals surface area contributed by atoms with Gasteiger partial charge in [0.25, 0.3) is 0 Å². The number of carbonyl (C=O) groups is 1. The molecule has 1 rings (SSSR count). The van der Waals surface area contributed by atoms with E-state index in [2.05, 4.69) is 9.57 Å². The van der Waals surface area contributed by atoms with Crippen LogP contribution in [0.25, 0.3) is 0 Å². The molecule has 0 spiro atoms. The summed E-state index contributed by atoms with van der Waals surface area (Å²) in [6.45, 7) is -0.874. The first-order chi connectivity index (χ1) is 9.77. The van der Waals surface area contributed by atoms with Gasteiger partial charge in [-0.25, -0.2) is 17.4 Å². The third-order valence-electron chi connectivity index (χ3n) is 2.07. The summed E-state index contributed by atoms with van der Waals surface area (Å²) < 4.78 is 49.9. The number of ether oxygens (including phenoxy) is 1. The van der Waals surface area contributed by atoms with Crippen LogP contribution in [0.1, 0.15) is 0 Å². The highest BCUT2D eigenvalue weighted by Crippen LogP contribution is 2.26. The summed E-state index contributed by atoms with van der Waals surface area (Å²) in [7, 11) is -3.75. The highest BCUT2D eigenvalue weighted by Gasteiger charge is 2.22. The summed E-state index contributed by atoms with van der Waals surface area (Å²) in [4.78, 5) is 15.3. The molecule has 1 aromatic rings. The summed E-state index contributed by atoms with van der Waals surface area (Å²) in [5.41, 5.74) is -0.366. The number of anilines is 1. The molecule has 0 amide bonds. The first-order valence-electron chi connectivity index (χ1n) is 5.41. The molecule has 0 saturated carbocycles. The minimum atomic E-state index is -3.75. The lowest BCUT2D eigenvalue weighted by Gasteiger charge is -2.25. The van der Waals surface area contributed by atoms with Crippen molar-refractivity contribution in [2.45, 2.75) is 4.90 Å². The summed E-state index contributed by atoms with van der Waals surface area (Å²) in [6, 6.07) is 5.06. The summed E-state index contributed by atoms with van der Waals surface area (Å²) in [5, 5.41) is 8.48. The Morgan fingerprint density at radius 2 is 2.05 bits per heavy atom. The first-order valence-corrected chi connectivity index (χ1v) is 8.34. The molecule has 0 aliphatic rings. The lowest BCUT2D eigenvalue weighted by Crippen LogP contribution is -2.31. The standard InChI is InChI=1S/C10H13NO8S2/c1-21(16,17)9-5-3-2-4-8(9)11(20(14)15)19-10(13)18-7-6-12/h2-5,12H,6-7H2,1H3,(H,14,15)/p-1. The topological polar surface area (TPSA) is 133 Å². The minimum absolute atomic E-state index is 0.0795. The second kappa shape index (κ2) is 7.36. The molecule has 1 unspecified atom stereocenters. The van der Waals surface area contributed by atoms with E-state index in [1.165, 1.54) is 12.1 Å². The Kier molecular flexibility index (Phi) is 6.08. The van der Waals surface area contributed by atoms with Crippen molar-refractivity contribution in [1.29, 1.82) is 0 Å². The fourth-order valence-corrected chi connectivity index (χ4v) is 2.66. The van der Waals surface area contributed by atoms with Crippen LogP contribution in [-0.4, -0.2) is 47.9 Å². The number of para-hydroxylation sites is 1. The average Bonchev–Trinajstić information content (AvgIpc) is 2.41. The third kappa shape index (κ3) is 4.97. The van der Waals surface area contributed by atoms with Gasteiger partial charge in [-0.05, 0) is 12.1 Å². The van der Waals surface area contributed by atoms with Gasteiger partial charge in [-0.3, -0.25) is 4.84 Å². The molecule has 0 radical (unpaired) electrons. The number of rotatable bonds is 6. The second-order valence-electron chi connectivity index (χ2n) is 3.63. The van der Waals surface area contributed by atoms with Gasteiger partial charge in [0, 0.05) is 6.26 Å². The molecule has 21 heavy (non-hydrogen) atoms. The molecule has 0 saturated heterocycles. The molecule has 118 valence electrons. The molecule has 1 aromatic carbocycles. The molecule has 1 atom stereocenters. The van der Waals surface area contributed by atoms with Crippen molar-refractivity contribution in [2.24, 2.45) is 0 Å². The van der Waals surface area contributed by atoms with E-state index in [-0.39, 0.29) is 15.1 Å². The van der Waals surface area contributed by atoms with Crippen LogP contribution < -0.4 is 4.47 Å². The van der Waals surface area contributed by atoms with Crippen molar-refractivity contribution >= 4 is 32.9 Å². The summed E-state index contributed by atoms with van der Waals surface area (Å²) >= 11 is -3.09. The number of sulfone groups is 1. The van der Waals surface area contributed by atoms with Crippen molar-refractivity contribution < 1.29 is 36.7 Å². The number of nitrogens with zero attached hydrogens (tertiary/aromatic N) is 1. The van der Waals surface area contributed by atoms with E-state index >= 15 is 0 Å². The highest BCUT2D eigenvalue weighted by molar-refractivity contribution is 7.91. The first kappa shape index (κ1) is 17.4. The molecule has 0 aliphatic carbocycles. The maximum Gasteiger partial charge on any atom is 0.534 e. The monoisotopic (exact) mass is 338 g/mol. The Hall–Kier alpha value is -1.69. The largest absolute Gasteiger partial charge is 0.753 e. The van der Waals surface area contributed by atoms with Crippen molar-refractivity contribution in [3.05, 3.63) is 24.3 Å². The smallest absolute Gasteiger partial charge is 0.534 e. The zero-order valence-corrected chi connectivity index (χ0v) is 12.4. The van der Waals surface area contributed by atoms with Gasteiger partial charge >= 0.3 is 6.16 Å². The van der Waals surface area contributed by atoms with E-state index in [0.717, 1.165) is 18.4 Å². The Morgan fingerprint density at radius 3 is 2.57 bits per heavy atom. The van der Waals surface area contributed by atoms with E-state index < -0.39 is 40.5 Å². The number of hydrogen-bond donors (Lipinski definition) is 1. The zero-order chi connectivity index (χ0) is 16.0. The van der Waals surface area contributed by atoms with Crippen LogP contribution in [0.5, 0.6) is 0 Å². The average molecular weight is 338 g/mol. The van der Waals surface area contributed by atoms with E-state index in [4.69, 9.17) is 5.11 Å². The van der Waals surface area contributed by atoms with Gasteiger partial charge < -0.3 is 14.4 Å². The number of aliphatic hydroxyl groups excluding tert-OH is 1.